The van der Waals surface area contributed by atoms with E-state index in [1.165, 1.54) is 10.9 Å². The molecule has 0 aliphatic carbocycles. The number of aryl methyl sites for hydroxylation is 1. The van der Waals surface area contributed by atoms with E-state index in [0.717, 1.165) is 23.3 Å². The molecule has 5 rings (SSSR count). The molecule has 2 N–H and O–H groups in total. The average Bonchev–Trinajstić information content (AvgIpc) is 2.97. The van der Waals surface area contributed by atoms with Crippen molar-refractivity contribution in [3.05, 3.63) is 56.7 Å². The van der Waals surface area contributed by atoms with Gasteiger partial charge >= 0.3 is 0 Å². The molecule has 3 aromatic rings. The molecular weight excluding hydrogens is 304 g/mol. The maximum absolute atomic E-state index is 12.9. The van der Waals surface area contributed by atoms with Crippen molar-refractivity contribution < 1.29 is 9.84 Å². The Hall–Kier alpha value is -2.95. The number of rotatable bonds is 0. The van der Waals surface area contributed by atoms with Crippen LogP contribution in [0, 0.1) is 0 Å². The number of aromatic amines is 1. The fourth-order valence-corrected chi connectivity index (χ4v) is 3.79. The van der Waals surface area contributed by atoms with E-state index in [1.54, 1.807) is 17.8 Å². The number of fused-ring (bicyclic) bond motifs is 6. The lowest BCUT2D eigenvalue weighted by Crippen LogP contribution is -2.50. The highest BCUT2D eigenvalue weighted by molar-refractivity contribution is 5.90. The number of nitrogens with zero attached hydrogens (tertiary/aromatic N) is 1. The summed E-state index contributed by atoms with van der Waals surface area (Å²) in [6.45, 7) is 2.34. The van der Waals surface area contributed by atoms with Crippen molar-refractivity contribution >= 4 is 22.9 Å². The van der Waals surface area contributed by atoms with E-state index in [0.29, 0.717) is 17.0 Å². The van der Waals surface area contributed by atoms with Crippen LogP contribution >= 0.6 is 0 Å². The molecule has 2 aliphatic rings. The van der Waals surface area contributed by atoms with E-state index in [9.17, 15) is 9.90 Å². The number of nitrogens with one attached hydrogen (secondary N) is 1. The molecule has 2 aromatic heterocycles. The predicted octanol–water partition coefficient (Wildman–Crippen LogP) is 1.38. The maximum Gasteiger partial charge on any atom is 0.262 e. The summed E-state index contributed by atoms with van der Waals surface area (Å²) in [4.78, 5) is 16.4. The van der Waals surface area contributed by atoms with Crippen LogP contribution in [0.2, 0.25) is 0 Å². The summed E-state index contributed by atoms with van der Waals surface area (Å²) in [5.74, 6) is 0.00948. The highest BCUT2D eigenvalue weighted by Crippen LogP contribution is 2.32. The molecule has 0 unspecified atom stereocenters. The van der Waals surface area contributed by atoms with Crippen molar-refractivity contribution in [1.29, 1.82) is 0 Å². The molecule has 0 spiro atoms. The quantitative estimate of drug-likeness (QED) is 0.657. The van der Waals surface area contributed by atoms with Gasteiger partial charge in [-0.3, -0.25) is 4.79 Å². The highest BCUT2D eigenvalue weighted by atomic mass is 16.5. The first-order valence-electron chi connectivity index (χ1n) is 8.08. The number of aliphatic hydroxyl groups excluding tert-OH is 1. The molecule has 2 aliphatic heterocycles. The Morgan fingerprint density at radius 1 is 1.33 bits per heavy atom. The molecule has 0 bridgehead atoms. The number of pyridine rings is 1. The Balaban J connectivity index is 1.91. The summed E-state index contributed by atoms with van der Waals surface area (Å²) in [5.41, 5.74) is 3.98. The van der Waals surface area contributed by atoms with Gasteiger partial charge in [-0.15, -0.1) is 0 Å². The summed E-state index contributed by atoms with van der Waals surface area (Å²) >= 11 is 0. The van der Waals surface area contributed by atoms with E-state index < -0.39 is 6.10 Å². The second-order valence-corrected chi connectivity index (χ2v) is 6.37. The SMILES string of the molecule is C[C@H]1OC=c2cc3n(c(=O)c2=C1O)CCc1c-3[nH]c2ccccc12. The fourth-order valence-electron chi connectivity index (χ4n) is 3.79. The summed E-state index contributed by atoms with van der Waals surface area (Å²) in [7, 11) is 0. The van der Waals surface area contributed by atoms with Crippen molar-refractivity contribution in [3.8, 4) is 11.4 Å². The summed E-state index contributed by atoms with van der Waals surface area (Å²) in [6, 6.07) is 10.1. The van der Waals surface area contributed by atoms with Gasteiger partial charge in [0, 0.05) is 22.7 Å². The molecule has 1 atom stereocenters. The number of hydrogen-bond acceptors (Lipinski definition) is 3. The first-order chi connectivity index (χ1) is 11.6. The predicted molar refractivity (Wildman–Crippen MR) is 92.0 cm³/mol. The van der Waals surface area contributed by atoms with Gasteiger partial charge in [0.25, 0.3) is 5.56 Å². The van der Waals surface area contributed by atoms with Crippen LogP contribution < -0.4 is 16.0 Å². The van der Waals surface area contributed by atoms with Crippen LogP contribution in [-0.4, -0.2) is 20.8 Å². The maximum atomic E-state index is 12.9. The van der Waals surface area contributed by atoms with Gasteiger partial charge in [-0.25, -0.2) is 0 Å². The molecule has 0 amide bonds. The standard InChI is InChI=1S/C19H16N2O3/c1-10-18(22)16-11(9-24-10)8-15-17-13(6-7-21(15)19(16)23)12-4-2-3-5-14(12)20-17/h2-5,8-10,20,22H,6-7H2,1H3/t10-/m1/s1. The van der Waals surface area contributed by atoms with Gasteiger partial charge in [0.05, 0.1) is 22.9 Å². The van der Waals surface area contributed by atoms with Gasteiger partial charge in [0.1, 0.15) is 5.76 Å². The van der Waals surface area contributed by atoms with Crippen LogP contribution in [0.1, 0.15) is 12.5 Å². The van der Waals surface area contributed by atoms with E-state index in [-0.39, 0.29) is 11.3 Å². The van der Waals surface area contributed by atoms with Gasteiger partial charge in [-0.05, 0) is 31.0 Å². The molecule has 5 heteroatoms. The molecule has 0 saturated heterocycles. The monoisotopic (exact) mass is 320 g/mol. The number of H-pyrrole nitrogens is 1. The Labute approximate surface area is 137 Å². The molecule has 24 heavy (non-hydrogen) atoms. The molecule has 0 saturated carbocycles. The third kappa shape index (κ3) is 1.61. The van der Waals surface area contributed by atoms with E-state index >= 15 is 0 Å². The van der Waals surface area contributed by atoms with Gasteiger partial charge in [0.15, 0.2) is 6.10 Å². The minimum atomic E-state index is -0.490. The van der Waals surface area contributed by atoms with Crippen LogP contribution in [0.4, 0.5) is 0 Å². The lowest BCUT2D eigenvalue weighted by atomic mass is 10.0. The minimum absolute atomic E-state index is 0.00948. The Morgan fingerprint density at radius 3 is 3.04 bits per heavy atom. The van der Waals surface area contributed by atoms with E-state index in [2.05, 4.69) is 11.1 Å². The molecular formula is C19H16N2O3. The molecule has 5 nitrogen and oxygen atoms in total. The second-order valence-electron chi connectivity index (χ2n) is 6.37. The normalized spacial score (nSPS) is 18.4. The topological polar surface area (TPSA) is 67.2 Å². The third-order valence-corrected chi connectivity index (χ3v) is 5.03. The van der Waals surface area contributed by atoms with Crippen LogP contribution in [0.25, 0.3) is 34.3 Å². The Bertz CT molecular complexity index is 1180. The van der Waals surface area contributed by atoms with Crippen LogP contribution in [0.5, 0.6) is 0 Å². The summed E-state index contributed by atoms with van der Waals surface area (Å²) < 4.78 is 7.19. The molecule has 0 radical (unpaired) electrons. The van der Waals surface area contributed by atoms with Crippen molar-refractivity contribution in [2.45, 2.75) is 26.0 Å². The number of benzene rings is 1. The summed E-state index contributed by atoms with van der Waals surface area (Å²) in [6.07, 6.45) is 1.87. The number of ether oxygens (including phenoxy) is 1. The highest BCUT2D eigenvalue weighted by Gasteiger charge is 2.24. The zero-order valence-electron chi connectivity index (χ0n) is 13.2. The lowest BCUT2D eigenvalue weighted by molar-refractivity contribution is 0.210. The minimum Gasteiger partial charge on any atom is -0.508 e. The summed E-state index contributed by atoms with van der Waals surface area (Å²) in [5, 5.41) is 12.5. The molecule has 0 fully saturated rings. The number of aliphatic hydroxyl groups is 1. The van der Waals surface area contributed by atoms with Crippen molar-refractivity contribution in [1.82, 2.24) is 9.55 Å². The van der Waals surface area contributed by atoms with Crippen LogP contribution in [-0.2, 0) is 17.7 Å². The molecule has 120 valence electrons. The first-order valence-corrected chi connectivity index (χ1v) is 8.08. The van der Waals surface area contributed by atoms with Gasteiger partial charge in [0.2, 0.25) is 0 Å². The smallest absolute Gasteiger partial charge is 0.262 e. The Morgan fingerprint density at radius 2 is 2.17 bits per heavy atom. The fraction of sp³-hybridized carbons (Fsp3) is 0.211. The average molecular weight is 320 g/mol. The Kier molecular flexibility index (Phi) is 2.55. The number of hydrogen-bond donors (Lipinski definition) is 2. The largest absolute Gasteiger partial charge is 0.508 e. The molecule has 1 aromatic carbocycles. The van der Waals surface area contributed by atoms with Gasteiger partial charge in [-0.2, -0.15) is 0 Å². The lowest BCUT2D eigenvalue weighted by Gasteiger charge is -2.21. The zero-order chi connectivity index (χ0) is 16.4. The van der Waals surface area contributed by atoms with Crippen molar-refractivity contribution in [3.63, 3.8) is 0 Å². The second kappa shape index (κ2) is 4.54. The van der Waals surface area contributed by atoms with Gasteiger partial charge in [-0.1, -0.05) is 18.2 Å². The van der Waals surface area contributed by atoms with Crippen LogP contribution in [0.3, 0.4) is 0 Å². The van der Waals surface area contributed by atoms with Crippen LogP contribution in [0.15, 0.2) is 35.1 Å². The van der Waals surface area contributed by atoms with Gasteiger partial charge < -0.3 is 19.4 Å². The van der Waals surface area contributed by atoms with Crippen molar-refractivity contribution in [2.24, 2.45) is 0 Å². The first kappa shape index (κ1) is 13.5. The number of para-hydroxylation sites is 1. The number of aromatic nitrogens is 2. The third-order valence-electron chi connectivity index (χ3n) is 5.03. The zero-order valence-corrected chi connectivity index (χ0v) is 13.2. The molecule has 4 heterocycles. The van der Waals surface area contributed by atoms with E-state index in [4.69, 9.17) is 4.74 Å². The van der Waals surface area contributed by atoms with Crippen molar-refractivity contribution in [2.75, 3.05) is 0 Å². The van der Waals surface area contributed by atoms with E-state index in [1.807, 2.05) is 24.3 Å².